The first-order chi connectivity index (χ1) is 7.45. The second-order valence-corrected chi connectivity index (χ2v) is 5.02. The molecule has 3 nitrogen and oxygen atoms in total. The van der Waals surface area contributed by atoms with Gasteiger partial charge in [0, 0.05) is 23.9 Å². The van der Waals surface area contributed by atoms with Crippen molar-refractivity contribution >= 4 is 0 Å². The Morgan fingerprint density at radius 2 is 1.44 bits per heavy atom. The molecule has 0 spiro atoms. The summed E-state index contributed by atoms with van der Waals surface area (Å²) < 4.78 is 0. The first kappa shape index (κ1) is 13.1. The molecule has 3 heteroatoms. The van der Waals surface area contributed by atoms with Crippen molar-refractivity contribution in [1.82, 2.24) is 9.97 Å². The summed E-state index contributed by atoms with van der Waals surface area (Å²) in [7, 11) is 0. The fourth-order valence-electron chi connectivity index (χ4n) is 1.42. The van der Waals surface area contributed by atoms with Crippen LogP contribution in [0.5, 0.6) is 0 Å². The summed E-state index contributed by atoms with van der Waals surface area (Å²) in [6.45, 7) is 11.3. The summed E-state index contributed by atoms with van der Waals surface area (Å²) in [6, 6.07) is 2.11. The minimum atomic E-state index is 0.233. The zero-order valence-corrected chi connectivity index (χ0v) is 11.0. The molecular weight excluding hydrogens is 198 g/mol. The number of rotatable bonds is 4. The molecule has 16 heavy (non-hydrogen) atoms. The van der Waals surface area contributed by atoms with Crippen LogP contribution in [0.3, 0.4) is 0 Å². The molecule has 90 valence electrons. The Kier molecular flexibility index (Phi) is 4.42. The molecule has 0 saturated heterocycles. The maximum atomic E-state index is 5.68. The Balaban J connectivity index is 3.18. The van der Waals surface area contributed by atoms with Crippen molar-refractivity contribution in [2.24, 2.45) is 5.73 Å². The molecule has 0 aliphatic carbocycles. The number of aromatic nitrogens is 2. The maximum absolute atomic E-state index is 5.68. The van der Waals surface area contributed by atoms with Crippen LogP contribution in [0, 0.1) is 0 Å². The summed E-state index contributed by atoms with van der Waals surface area (Å²) in [6.07, 6.45) is 0. The van der Waals surface area contributed by atoms with Crippen molar-refractivity contribution < 1.29 is 0 Å². The van der Waals surface area contributed by atoms with Gasteiger partial charge < -0.3 is 5.73 Å². The molecule has 1 rings (SSSR count). The van der Waals surface area contributed by atoms with E-state index in [1.165, 1.54) is 0 Å². The molecule has 0 radical (unpaired) electrons. The highest BCUT2D eigenvalue weighted by Crippen LogP contribution is 2.20. The lowest BCUT2D eigenvalue weighted by Gasteiger charge is -2.15. The van der Waals surface area contributed by atoms with Crippen molar-refractivity contribution in [1.29, 1.82) is 0 Å². The van der Waals surface area contributed by atoms with Gasteiger partial charge in [-0.3, -0.25) is 0 Å². The molecule has 1 unspecified atom stereocenters. The summed E-state index contributed by atoms with van der Waals surface area (Å²) in [5.41, 5.74) is 7.92. The second-order valence-electron chi connectivity index (χ2n) is 5.02. The zero-order valence-electron chi connectivity index (χ0n) is 11.0. The summed E-state index contributed by atoms with van der Waals surface area (Å²) in [5, 5.41) is 0. The lowest BCUT2D eigenvalue weighted by Crippen LogP contribution is -2.15. The Hall–Kier alpha value is -0.960. The van der Waals surface area contributed by atoms with Crippen molar-refractivity contribution in [3.05, 3.63) is 23.3 Å². The fourth-order valence-corrected chi connectivity index (χ4v) is 1.42. The summed E-state index contributed by atoms with van der Waals surface area (Å²) in [5.74, 6) is 1.99. The van der Waals surface area contributed by atoms with E-state index in [9.17, 15) is 0 Å². The first-order valence-electron chi connectivity index (χ1n) is 6.04. The van der Waals surface area contributed by atoms with Crippen molar-refractivity contribution in [3.63, 3.8) is 0 Å². The number of nitrogens with two attached hydrogens (primary N) is 1. The van der Waals surface area contributed by atoms with Crippen LogP contribution in [0.1, 0.15) is 69.6 Å². The predicted molar refractivity (Wildman–Crippen MR) is 67.7 cm³/mol. The third-order valence-electron chi connectivity index (χ3n) is 2.76. The van der Waals surface area contributed by atoms with Crippen LogP contribution >= 0.6 is 0 Å². The van der Waals surface area contributed by atoms with E-state index in [0.29, 0.717) is 18.4 Å². The summed E-state index contributed by atoms with van der Waals surface area (Å²) in [4.78, 5) is 9.19. The molecule has 1 heterocycles. The minimum Gasteiger partial charge on any atom is -0.330 e. The van der Waals surface area contributed by atoms with Crippen LogP contribution < -0.4 is 5.73 Å². The molecule has 0 fully saturated rings. The van der Waals surface area contributed by atoms with Crippen LogP contribution in [0.4, 0.5) is 0 Å². The fraction of sp³-hybridized carbons (Fsp3) is 0.692. The van der Waals surface area contributed by atoms with Crippen LogP contribution in [0.2, 0.25) is 0 Å². The number of hydrogen-bond acceptors (Lipinski definition) is 3. The monoisotopic (exact) mass is 221 g/mol. The van der Waals surface area contributed by atoms with E-state index >= 15 is 0 Å². The van der Waals surface area contributed by atoms with Crippen LogP contribution in [0.15, 0.2) is 6.07 Å². The Bertz CT molecular complexity index is 319. The van der Waals surface area contributed by atoms with Crippen LogP contribution in [0.25, 0.3) is 0 Å². The molecule has 1 aromatic rings. The topological polar surface area (TPSA) is 51.8 Å². The van der Waals surface area contributed by atoms with Gasteiger partial charge in [-0.1, -0.05) is 34.6 Å². The molecule has 0 amide bonds. The number of nitrogens with zero attached hydrogens (tertiary/aromatic N) is 2. The van der Waals surface area contributed by atoms with E-state index in [1.807, 2.05) is 0 Å². The Morgan fingerprint density at radius 3 is 1.75 bits per heavy atom. The molecule has 1 aromatic heterocycles. The van der Waals surface area contributed by atoms with Gasteiger partial charge in [-0.15, -0.1) is 0 Å². The van der Waals surface area contributed by atoms with Gasteiger partial charge >= 0.3 is 0 Å². The second kappa shape index (κ2) is 5.39. The smallest absolute Gasteiger partial charge is 0.132 e. The molecule has 0 saturated carbocycles. The van der Waals surface area contributed by atoms with Gasteiger partial charge in [-0.2, -0.15) is 0 Å². The van der Waals surface area contributed by atoms with E-state index in [0.717, 1.165) is 17.2 Å². The molecule has 0 aliphatic heterocycles. The van der Waals surface area contributed by atoms with E-state index in [2.05, 4.69) is 50.7 Å². The zero-order chi connectivity index (χ0) is 12.3. The highest BCUT2D eigenvalue weighted by Gasteiger charge is 2.13. The molecule has 0 aliphatic rings. The first-order valence-corrected chi connectivity index (χ1v) is 6.04. The third kappa shape index (κ3) is 3.01. The lowest BCUT2D eigenvalue weighted by molar-refractivity contribution is 0.665. The van der Waals surface area contributed by atoms with E-state index in [4.69, 9.17) is 5.73 Å². The average Bonchev–Trinajstić information content (AvgIpc) is 2.27. The minimum absolute atomic E-state index is 0.233. The normalized spacial score (nSPS) is 13.5. The highest BCUT2D eigenvalue weighted by molar-refractivity contribution is 5.18. The largest absolute Gasteiger partial charge is 0.330 e. The Labute approximate surface area is 98.5 Å². The molecule has 0 aromatic carbocycles. The lowest BCUT2D eigenvalue weighted by atomic mass is 10.0. The molecular formula is C13H23N3. The standard InChI is InChI=1S/C13H23N3/c1-8(2)11-6-12(9(3)4)16-13(15-11)10(5)7-14/h6,8-10H,7,14H2,1-5H3. The quantitative estimate of drug-likeness (QED) is 0.850. The van der Waals surface area contributed by atoms with Crippen molar-refractivity contribution in [3.8, 4) is 0 Å². The van der Waals surface area contributed by atoms with E-state index in [1.54, 1.807) is 0 Å². The number of hydrogen-bond donors (Lipinski definition) is 1. The third-order valence-corrected chi connectivity index (χ3v) is 2.76. The van der Waals surface area contributed by atoms with Gasteiger partial charge in [0.2, 0.25) is 0 Å². The SMILES string of the molecule is CC(C)c1cc(C(C)C)nc(C(C)CN)n1. The van der Waals surface area contributed by atoms with E-state index < -0.39 is 0 Å². The van der Waals surface area contributed by atoms with Gasteiger partial charge in [-0.05, 0) is 17.9 Å². The highest BCUT2D eigenvalue weighted by atomic mass is 14.9. The summed E-state index contributed by atoms with van der Waals surface area (Å²) >= 11 is 0. The van der Waals surface area contributed by atoms with Gasteiger partial charge in [-0.25, -0.2) is 9.97 Å². The average molecular weight is 221 g/mol. The maximum Gasteiger partial charge on any atom is 0.132 e. The van der Waals surface area contributed by atoms with E-state index in [-0.39, 0.29) is 5.92 Å². The van der Waals surface area contributed by atoms with Gasteiger partial charge in [0.1, 0.15) is 5.82 Å². The van der Waals surface area contributed by atoms with Gasteiger partial charge in [0.25, 0.3) is 0 Å². The predicted octanol–water partition coefficient (Wildman–Crippen LogP) is 2.79. The molecule has 0 bridgehead atoms. The van der Waals surface area contributed by atoms with Gasteiger partial charge in [0.15, 0.2) is 0 Å². The molecule has 2 N–H and O–H groups in total. The van der Waals surface area contributed by atoms with Crippen molar-refractivity contribution in [2.45, 2.75) is 52.4 Å². The molecule has 1 atom stereocenters. The Morgan fingerprint density at radius 1 is 1.00 bits per heavy atom. The van der Waals surface area contributed by atoms with Gasteiger partial charge in [0.05, 0.1) is 0 Å². The van der Waals surface area contributed by atoms with Crippen LogP contribution in [-0.4, -0.2) is 16.5 Å². The van der Waals surface area contributed by atoms with Crippen LogP contribution in [-0.2, 0) is 0 Å². The van der Waals surface area contributed by atoms with Crippen molar-refractivity contribution in [2.75, 3.05) is 6.54 Å².